The molecule has 0 bridgehead atoms. The van der Waals surface area contributed by atoms with Crippen molar-refractivity contribution in [2.45, 2.75) is 30.4 Å². The van der Waals surface area contributed by atoms with Crippen molar-refractivity contribution in [3.63, 3.8) is 0 Å². The Kier molecular flexibility index (Phi) is 4.22. The van der Waals surface area contributed by atoms with Gasteiger partial charge in [-0.1, -0.05) is 35.9 Å². The first kappa shape index (κ1) is 16.8. The number of fused-ring (bicyclic) bond motifs is 2. The molecule has 2 heterocycles. The molecule has 4 rings (SSSR count). The number of benzene rings is 1. The van der Waals surface area contributed by atoms with Crippen LogP contribution in [-0.2, 0) is 5.41 Å². The minimum atomic E-state index is -0.375. The lowest BCUT2D eigenvalue weighted by atomic mass is 9.72. The summed E-state index contributed by atoms with van der Waals surface area (Å²) in [6, 6.07) is 12.5. The van der Waals surface area contributed by atoms with E-state index in [1.807, 2.05) is 12.1 Å². The van der Waals surface area contributed by atoms with Crippen LogP contribution in [0.5, 0.6) is 0 Å². The third kappa shape index (κ3) is 2.64. The largest absolute Gasteiger partial charge is 0.390 e. The van der Waals surface area contributed by atoms with Crippen molar-refractivity contribution in [2.24, 2.45) is 0 Å². The van der Waals surface area contributed by atoms with E-state index in [1.165, 1.54) is 11.1 Å². The van der Waals surface area contributed by atoms with Gasteiger partial charge in [0.05, 0.1) is 17.2 Å². The Morgan fingerprint density at radius 2 is 1.88 bits per heavy atom. The highest BCUT2D eigenvalue weighted by atomic mass is 35.5. The van der Waals surface area contributed by atoms with Gasteiger partial charge in [0.1, 0.15) is 5.82 Å². The van der Waals surface area contributed by atoms with Gasteiger partial charge >= 0.3 is 0 Å². The van der Waals surface area contributed by atoms with Crippen molar-refractivity contribution < 1.29 is 5.11 Å². The van der Waals surface area contributed by atoms with Gasteiger partial charge in [0, 0.05) is 24.7 Å². The number of hydrogen-bond acceptors (Lipinski definition) is 4. The minimum Gasteiger partial charge on any atom is -0.390 e. The Labute approximate surface area is 154 Å². The van der Waals surface area contributed by atoms with Crippen LogP contribution >= 0.6 is 11.6 Å². The van der Waals surface area contributed by atoms with Crippen molar-refractivity contribution >= 4 is 17.4 Å². The molecular formula is C20H24ClN3O. The van der Waals surface area contributed by atoms with Crippen molar-refractivity contribution in [3.05, 3.63) is 58.7 Å². The zero-order valence-corrected chi connectivity index (χ0v) is 15.4. The predicted octanol–water partition coefficient (Wildman–Crippen LogP) is 3.25. The third-order valence-electron chi connectivity index (χ3n) is 5.93. The summed E-state index contributed by atoms with van der Waals surface area (Å²) in [5, 5.41) is 11.9. The molecule has 132 valence electrons. The van der Waals surface area contributed by atoms with E-state index in [0.29, 0.717) is 5.02 Å². The van der Waals surface area contributed by atoms with Crippen molar-refractivity contribution in [2.75, 3.05) is 32.1 Å². The zero-order valence-electron chi connectivity index (χ0n) is 14.7. The maximum Gasteiger partial charge on any atom is 0.128 e. The van der Waals surface area contributed by atoms with Gasteiger partial charge in [-0.05, 0) is 50.2 Å². The molecule has 2 aliphatic rings. The summed E-state index contributed by atoms with van der Waals surface area (Å²) in [5.74, 6) is 0.962. The number of aliphatic hydroxyl groups excluding tert-OH is 1. The van der Waals surface area contributed by atoms with Gasteiger partial charge in [-0.15, -0.1) is 0 Å². The summed E-state index contributed by atoms with van der Waals surface area (Å²) >= 11 is 5.95. The predicted molar refractivity (Wildman–Crippen MR) is 101 cm³/mol. The van der Waals surface area contributed by atoms with Crippen LogP contribution in [-0.4, -0.2) is 48.3 Å². The van der Waals surface area contributed by atoms with Gasteiger partial charge in [0.25, 0.3) is 0 Å². The third-order valence-corrected chi connectivity index (χ3v) is 6.15. The van der Waals surface area contributed by atoms with Crippen LogP contribution in [0.25, 0.3) is 0 Å². The number of piperidine rings is 1. The SMILES string of the molecule is CN(C)[C@@H]1c2ccccc2C2(CCN(c3ccc(Cl)cn3)CC2)[C@H]1O. The van der Waals surface area contributed by atoms with E-state index < -0.39 is 0 Å². The monoisotopic (exact) mass is 357 g/mol. The Morgan fingerprint density at radius 3 is 2.52 bits per heavy atom. The van der Waals surface area contributed by atoms with E-state index >= 15 is 0 Å². The number of nitrogens with zero attached hydrogens (tertiary/aromatic N) is 3. The molecule has 1 N–H and O–H groups in total. The standard InChI is InChI=1S/C20H24ClN3O/c1-23(2)18-15-5-3-4-6-16(15)20(19(18)25)9-11-24(12-10-20)17-8-7-14(21)13-22-17/h3-8,13,18-19,25H,9-12H2,1-2H3/t18-,19+/m1/s1. The van der Waals surface area contributed by atoms with Crippen molar-refractivity contribution in [1.82, 2.24) is 9.88 Å². The van der Waals surface area contributed by atoms with Crippen LogP contribution in [0.15, 0.2) is 42.6 Å². The average Bonchev–Trinajstić information content (AvgIpc) is 2.86. The fraction of sp³-hybridized carbons (Fsp3) is 0.450. The highest BCUT2D eigenvalue weighted by Crippen LogP contribution is 2.52. The second kappa shape index (κ2) is 6.27. The molecule has 1 aliphatic carbocycles. The second-order valence-corrected chi connectivity index (χ2v) is 7.85. The fourth-order valence-corrected chi connectivity index (χ4v) is 4.77. The molecule has 1 aromatic heterocycles. The number of pyridine rings is 1. The van der Waals surface area contributed by atoms with E-state index in [4.69, 9.17) is 11.6 Å². The molecule has 1 aliphatic heterocycles. The smallest absolute Gasteiger partial charge is 0.128 e. The van der Waals surface area contributed by atoms with Gasteiger partial charge in [-0.2, -0.15) is 0 Å². The maximum absolute atomic E-state index is 11.3. The first-order valence-corrected chi connectivity index (χ1v) is 9.21. The average molecular weight is 358 g/mol. The Hall–Kier alpha value is -1.62. The van der Waals surface area contributed by atoms with Crippen LogP contribution in [0.3, 0.4) is 0 Å². The summed E-state index contributed by atoms with van der Waals surface area (Å²) in [5.41, 5.74) is 2.44. The summed E-state index contributed by atoms with van der Waals surface area (Å²) in [6.45, 7) is 1.78. The number of hydrogen-bond donors (Lipinski definition) is 1. The molecular weight excluding hydrogens is 334 g/mol. The second-order valence-electron chi connectivity index (χ2n) is 7.42. The van der Waals surface area contributed by atoms with E-state index in [9.17, 15) is 5.11 Å². The number of anilines is 1. The molecule has 1 fully saturated rings. The molecule has 0 saturated carbocycles. The number of aromatic nitrogens is 1. The molecule has 0 amide bonds. The first-order valence-electron chi connectivity index (χ1n) is 8.83. The van der Waals surface area contributed by atoms with E-state index in [-0.39, 0.29) is 17.6 Å². The first-order chi connectivity index (χ1) is 12.0. The summed E-state index contributed by atoms with van der Waals surface area (Å²) in [6.07, 6.45) is 3.18. The maximum atomic E-state index is 11.3. The minimum absolute atomic E-state index is 0.0661. The molecule has 5 heteroatoms. The normalized spacial score (nSPS) is 24.8. The molecule has 1 saturated heterocycles. The fourth-order valence-electron chi connectivity index (χ4n) is 4.66. The van der Waals surface area contributed by atoms with Crippen molar-refractivity contribution in [1.29, 1.82) is 0 Å². The molecule has 1 spiro atoms. The summed E-state index contributed by atoms with van der Waals surface area (Å²) in [4.78, 5) is 8.88. The lowest BCUT2D eigenvalue weighted by Gasteiger charge is -2.43. The summed E-state index contributed by atoms with van der Waals surface area (Å²) in [7, 11) is 4.10. The zero-order chi connectivity index (χ0) is 17.6. The van der Waals surface area contributed by atoms with Gasteiger partial charge in [-0.3, -0.25) is 0 Å². The molecule has 0 unspecified atom stereocenters. The van der Waals surface area contributed by atoms with Crippen LogP contribution in [0.4, 0.5) is 5.82 Å². The van der Waals surface area contributed by atoms with Gasteiger partial charge in [0.15, 0.2) is 0 Å². The summed E-state index contributed by atoms with van der Waals surface area (Å²) < 4.78 is 0. The van der Waals surface area contributed by atoms with Gasteiger partial charge < -0.3 is 14.9 Å². The molecule has 2 atom stereocenters. The van der Waals surface area contributed by atoms with Crippen molar-refractivity contribution in [3.8, 4) is 0 Å². The topological polar surface area (TPSA) is 39.6 Å². The molecule has 2 aromatic rings. The van der Waals surface area contributed by atoms with Crippen LogP contribution < -0.4 is 4.90 Å². The van der Waals surface area contributed by atoms with Crippen LogP contribution in [0, 0.1) is 0 Å². The Bertz CT molecular complexity index is 754. The van der Waals surface area contributed by atoms with Crippen LogP contribution in [0.2, 0.25) is 5.02 Å². The quantitative estimate of drug-likeness (QED) is 0.895. The molecule has 25 heavy (non-hydrogen) atoms. The van der Waals surface area contributed by atoms with E-state index in [1.54, 1.807) is 6.20 Å². The Balaban J connectivity index is 1.62. The van der Waals surface area contributed by atoms with Gasteiger partial charge in [-0.25, -0.2) is 4.98 Å². The Morgan fingerprint density at radius 1 is 1.16 bits per heavy atom. The van der Waals surface area contributed by atoms with E-state index in [2.05, 4.69) is 53.1 Å². The molecule has 4 nitrogen and oxygen atoms in total. The van der Waals surface area contributed by atoms with Gasteiger partial charge in [0.2, 0.25) is 0 Å². The highest BCUT2D eigenvalue weighted by molar-refractivity contribution is 6.30. The molecule has 1 aromatic carbocycles. The van der Waals surface area contributed by atoms with E-state index in [0.717, 1.165) is 31.7 Å². The lowest BCUT2D eigenvalue weighted by Crippen LogP contribution is -2.49. The number of rotatable bonds is 2. The number of halogens is 1. The number of aliphatic hydroxyl groups is 1. The lowest BCUT2D eigenvalue weighted by molar-refractivity contribution is 0.0166. The number of likely N-dealkylation sites (N-methyl/N-ethyl adjacent to an activating group) is 1. The van der Waals surface area contributed by atoms with Crippen LogP contribution in [0.1, 0.15) is 30.0 Å². The molecule has 0 radical (unpaired) electrons. The highest BCUT2D eigenvalue weighted by Gasteiger charge is 2.53.